The molecule has 1 aromatic rings. The predicted octanol–water partition coefficient (Wildman–Crippen LogP) is 0.660. The monoisotopic (exact) mass is 310 g/mol. The number of amides is 1. The Balaban J connectivity index is 1.44. The molecule has 0 aromatic carbocycles. The van der Waals surface area contributed by atoms with E-state index in [0.29, 0.717) is 13.1 Å². The van der Waals surface area contributed by atoms with E-state index < -0.39 is 6.10 Å². The maximum absolute atomic E-state index is 12.1. The molecule has 1 aliphatic carbocycles. The summed E-state index contributed by atoms with van der Waals surface area (Å²) in [7, 11) is 0. The molecule has 1 amide bonds. The van der Waals surface area contributed by atoms with Gasteiger partial charge in [0, 0.05) is 31.1 Å². The Bertz CT molecular complexity index is 476. The van der Waals surface area contributed by atoms with Gasteiger partial charge < -0.3 is 15.2 Å². The fourth-order valence-corrected chi connectivity index (χ4v) is 4.05. The highest BCUT2D eigenvalue weighted by Crippen LogP contribution is 2.30. The summed E-state index contributed by atoms with van der Waals surface area (Å²) in [5.41, 5.74) is 1.33. The van der Waals surface area contributed by atoms with Crippen LogP contribution in [-0.2, 0) is 17.6 Å². The normalized spacial score (nSPS) is 20.2. The minimum atomic E-state index is -0.529. The zero-order valence-electron chi connectivity index (χ0n) is 12.1. The number of rotatable bonds is 5. The molecule has 6 heteroatoms. The molecule has 2 N–H and O–H groups in total. The summed E-state index contributed by atoms with van der Waals surface area (Å²) in [5, 5.41) is 12.9. The van der Waals surface area contributed by atoms with Crippen LogP contribution in [0.15, 0.2) is 6.07 Å². The van der Waals surface area contributed by atoms with E-state index in [9.17, 15) is 9.90 Å². The zero-order chi connectivity index (χ0) is 14.7. The van der Waals surface area contributed by atoms with Crippen molar-refractivity contribution in [2.45, 2.75) is 25.4 Å². The molecule has 0 spiro atoms. The van der Waals surface area contributed by atoms with Crippen LogP contribution < -0.4 is 5.32 Å². The highest BCUT2D eigenvalue weighted by molar-refractivity contribution is 7.14. The Hall–Kier alpha value is -0.950. The van der Waals surface area contributed by atoms with Gasteiger partial charge in [-0.05, 0) is 30.9 Å². The van der Waals surface area contributed by atoms with Crippen LogP contribution in [0.3, 0.4) is 0 Å². The zero-order valence-corrected chi connectivity index (χ0v) is 13.0. The molecular weight excluding hydrogens is 288 g/mol. The lowest BCUT2D eigenvalue weighted by molar-refractivity contribution is 0.0149. The summed E-state index contributed by atoms with van der Waals surface area (Å²) < 4.78 is 5.28. The lowest BCUT2D eigenvalue weighted by Crippen LogP contribution is -2.44. The van der Waals surface area contributed by atoms with E-state index in [-0.39, 0.29) is 5.91 Å². The van der Waals surface area contributed by atoms with Crippen molar-refractivity contribution < 1.29 is 14.6 Å². The fourth-order valence-electron chi connectivity index (χ4n) is 2.88. The number of nitrogens with one attached hydrogen (secondary N) is 1. The quantitative estimate of drug-likeness (QED) is 0.839. The van der Waals surface area contributed by atoms with Crippen molar-refractivity contribution in [3.8, 4) is 0 Å². The smallest absolute Gasteiger partial charge is 0.261 e. The average Bonchev–Trinajstić information content (AvgIpc) is 3.07. The van der Waals surface area contributed by atoms with Crippen LogP contribution in [0.1, 0.15) is 26.5 Å². The first kappa shape index (κ1) is 15.0. The van der Waals surface area contributed by atoms with Crippen molar-refractivity contribution in [3.05, 3.63) is 21.4 Å². The molecule has 5 nitrogen and oxygen atoms in total. The van der Waals surface area contributed by atoms with Crippen LogP contribution in [-0.4, -0.2) is 61.4 Å². The Morgan fingerprint density at radius 1 is 1.43 bits per heavy atom. The number of carbonyl (C=O) groups is 1. The molecule has 1 atom stereocenters. The Kier molecular flexibility index (Phi) is 4.90. The van der Waals surface area contributed by atoms with E-state index in [2.05, 4.69) is 10.2 Å². The first-order chi connectivity index (χ1) is 10.2. The fraction of sp³-hybridized carbons (Fsp3) is 0.667. The second-order valence-corrected chi connectivity index (χ2v) is 6.83. The highest BCUT2D eigenvalue weighted by Gasteiger charge is 2.19. The average molecular weight is 310 g/mol. The van der Waals surface area contributed by atoms with Gasteiger partial charge in [0.2, 0.25) is 0 Å². The lowest BCUT2D eigenvalue weighted by Gasteiger charge is -2.28. The first-order valence-corrected chi connectivity index (χ1v) is 8.42. The van der Waals surface area contributed by atoms with Gasteiger partial charge in [-0.15, -0.1) is 11.3 Å². The van der Waals surface area contributed by atoms with E-state index >= 15 is 0 Å². The predicted molar refractivity (Wildman–Crippen MR) is 81.9 cm³/mol. The molecule has 2 aliphatic rings. The highest BCUT2D eigenvalue weighted by atomic mass is 32.1. The van der Waals surface area contributed by atoms with E-state index in [1.807, 2.05) is 6.07 Å². The van der Waals surface area contributed by atoms with Crippen LogP contribution >= 0.6 is 11.3 Å². The van der Waals surface area contributed by atoms with Gasteiger partial charge in [-0.1, -0.05) is 0 Å². The maximum atomic E-state index is 12.1. The molecule has 1 fully saturated rings. The lowest BCUT2D eigenvalue weighted by atomic mass is 10.2. The van der Waals surface area contributed by atoms with Crippen molar-refractivity contribution >= 4 is 17.2 Å². The number of nitrogens with zero attached hydrogens (tertiary/aromatic N) is 1. The third kappa shape index (κ3) is 3.83. The van der Waals surface area contributed by atoms with Gasteiger partial charge in [-0.25, -0.2) is 0 Å². The van der Waals surface area contributed by atoms with Crippen LogP contribution in [0.4, 0.5) is 0 Å². The largest absolute Gasteiger partial charge is 0.390 e. The number of β-amino-alcohol motifs (C(OH)–C–C–N with tert-alkyl or cyclic N) is 1. The van der Waals surface area contributed by atoms with Crippen LogP contribution in [0, 0.1) is 0 Å². The number of thiophene rings is 1. The molecule has 0 bridgehead atoms. The number of fused-ring (bicyclic) bond motifs is 1. The number of aliphatic hydroxyl groups excluding tert-OH is 1. The molecule has 1 aromatic heterocycles. The van der Waals surface area contributed by atoms with Crippen LogP contribution in [0.5, 0.6) is 0 Å². The molecule has 2 heterocycles. The number of hydrogen-bond acceptors (Lipinski definition) is 5. The molecule has 21 heavy (non-hydrogen) atoms. The number of ether oxygens (including phenoxy) is 1. The Morgan fingerprint density at radius 2 is 2.24 bits per heavy atom. The molecule has 116 valence electrons. The second-order valence-electron chi connectivity index (χ2n) is 5.69. The van der Waals surface area contributed by atoms with E-state index in [1.54, 1.807) is 11.3 Å². The summed E-state index contributed by atoms with van der Waals surface area (Å²) in [6.07, 6.45) is 2.88. The molecule has 0 radical (unpaired) electrons. The Morgan fingerprint density at radius 3 is 3.00 bits per heavy atom. The van der Waals surface area contributed by atoms with E-state index in [4.69, 9.17) is 4.74 Å². The Labute approximate surface area is 128 Å². The molecule has 1 aliphatic heterocycles. The third-order valence-corrected chi connectivity index (χ3v) is 5.28. The number of aryl methyl sites for hydroxylation is 2. The standard InChI is InChI=1S/C15H22N2O3S/c18-12(10-17-4-6-20-7-5-17)9-16-15(19)14-8-11-2-1-3-13(11)21-14/h8,12,18H,1-7,9-10H2,(H,16,19). The summed E-state index contributed by atoms with van der Waals surface area (Å²) >= 11 is 1.60. The summed E-state index contributed by atoms with van der Waals surface area (Å²) in [6.45, 7) is 4.04. The molecular formula is C15H22N2O3S. The SMILES string of the molecule is O=C(NCC(O)CN1CCOCC1)c1cc2c(s1)CCC2. The molecule has 0 saturated carbocycles. The second kappa shape index (κ2) is 6.87. The maximum Gasteiger partial charge on any atom is 0.261 e. The van der Waals surface area contributed by atoms with Gasteiger partial charge >= 0.3 is 0 Å². The van der Waals surface area contributed by atoms with Crippen molar-refractivity contribution in [3.63, 3.8) is 0 Å². The minimum Gasteiger partial charge on any atom is -0.390 e. The van der Waals surface area contributed by atoms with Crippen molar-refractivity contribution in [2.24, 2.45) is 0 Å². The van der Waals surface area contributed by atoms with Crippen LogP contribution in [0.25, 0.3) is 0 Å². The van der Waals surface area contributed by atoms with Gasteiger partial charge in [0.25, 0.3) is 5.91 Å². The summed E-state index contributed by atoms with van der Waals surface area (Å²) in [4.78, 5) is 16.4. The number of hydrogen-bond donors (Lipinski definition) is 2. The molecule has 3 rings (SSSR count). The van der Waals surface area contributed by atoms with Crippen molar-refractivity contribution in [1.82, 2.24) is 10.2 Å². The van der Waals surface area contributed by atoms with Gasteiger partial charge in [-0.2, -0.15) is 0 Å². The molecule has 1 unspecified atom stereocenters. The first-order valence-electron chi connectivity index (χ1n) is 7.60. The summed E-state index contributed by atoms with van der Waals surface area (Å²) in [6, 6.07) is 2.01. The summed E-state index contributed by atoms with van der Waals surface area (Å²) in [5.74, 6) is -0.0598. The van der Waals surface area contributed by atoms with Crippen molar-refractivity contribution in [1.29, 1.82) is 0 Å². The van der Waals surface area contributed by atoms with E-state index in [0.717, 1.165) is 44.0 Å². The number of morpholine rings is 1. The minimum absolute atomic E-state index is 0.0598. The van der Waals surface area contributed by atoms with Gasteiger partial charge in [0.05, 0.1) is 24.2 Å². The molecule has 1 saturated heterocycles. The van der Waals surface area contributed by atoms with Gasteiger partial charge in [0.1, 0.15) is 0 Å². The number of carbonyl (C=O) groups excluding carboxylic acids is 1. The third-order valence-electron chi connectivity index (χ3n) is 4.04. The topological polar surface area (TPSA) is 61.8 Å². The van der Waals surface area contributed by atoms with E-state index in [1.165, 1.54) is 16.9 Å². The number of aliphatic hydroxyl groups is 1. The van der Waals surface area contributed by atoms with Gasteiger partial charge in [-0.3, -0.25) is 9.69 Å². The van der Waals surface area contributed by atoms with Gasteiger partial charge in [0.15, 0.2) is 0 Å². The van der Waals surface area contributed by atoms with Crippen molar-refractivity contribution in [2.75, 3.05) is 39.4 Å². The van der Waals surface area contributed by atoms with Crippen LogP contribution in [0.2, 0.25) is 0 Å².